The number of hydrogen-bond donors (Lipinski definition) is 1. The van der Waals surface area contributed by atoms with Crippen molar-refractivity contribution in [3.63, 3.8) is 0 Å². The molecule has 2 heterocycles. The molecule has 0 spiro atoms. The molecular formula is C22H21NO3S. The van der Waals surface area contributed by atoms with E-state index in [1.807, 2.05) is 49.4 Å². The molecule has 0 saturated heterocycles. The minimum absolute atomic E-state index is 0.0570. The van der Waals surface area contributed by atoms with Crippen LogP contribution in [0.3, 0.4) is 0 Å². The first-order chi connectivity index (χ1) is 13.2. The lowest BCUT2D eigenvalue weighted by molar-refractivity contribution is 0.0955. The Morgan fingerprint density at radius 3 is 2.81 bits per heavy atom. The fourth-order valence-corrected chi connectivity index (χ4v) is 4.41. The zero-order chi connectivity index (χ0) is 18.8. The molecule has 5 heteroatoms. The molecule has 1 N–H and O–H groups in total. The fourth-order valence-electron chi connectivity index (χ4n) is 3.21. The Kier molecular flexibility index (Phi) is 4.86. The van der Waals surface area contributed by atoms with Crippen molar-refractivity contribution >= 4 is 17.2 Å². The molecule has 1 aliphatic heterocycles. The second-order valence-corrected chi connectivity index (χ2v) is 7.51. The molecule has 0 radical (unpaired) electrons. The fraction of sp³-hybridized carbons (Fsp3) is 0.227. The minimum Gasteiger partial charge on any atom is -0.494 e. The van der Waals surface area contributed by atoms with Crippen LogP contribution >= 0.6 is 11.3 Å². The quantitative estimate of drug-likeness (QED) is 0.683. The number of carbonyl (C=O) groups is 1. The van der Waals surface area contributed by atoms with Crippen LogP contribution in [0, 0.1) is 6.92 Å². The summed E-state index contributed by atoms with van der Waals surface area (Å²) in [5.74, 6) is 1.68. The summed E-state index contributed by atoms with van der Waals surface area (Å²) in [7, 11) is 0. The van der Waals surface area contributed by atoms with E-state index in [-0.39, 0.29) is 5.91 Å². The van der Waals surface area contributed by atoms with Crippen LogP contribution in [0.1, 0.15) is 33.3 Å². The molecule has 0 saturated carbocycles. The second-order valence-electron chi connectivity index (χ2n) is 6.46. The van der Waals surface area contributed by atoms with Crippen LogP contribution in [-0.4, -0.2) is 12.5 Å². The van der Waals surface area contributed by atoms with E-state index in [4.69, 9.17) is 9.47 Å². The highest BCUT2D eigenvalue weighted by atomic mass is 32.1. The Hall–Kier alpha value is -2.79. The van der Waals surface area contributed by atoms with E-state index in [9.17, 15) is 4.79 Å². The van der Waals surface area contributed by atoms with Gasteiger partial charge in [-0.1, -0.05) is 24.3 Å². The molecule has 138 valence electrons. The number of benzene rings is 2. The Morgan fingerprint density at radius 1 is 1.22 bits per heavy atom. The largest absolute Gasteiger partial charge is 0.494 e. The number of fused-ring (bicyclic) bond motifs is 3. The summed E-state index contributed by atoms with van der Waals surface area (Å²) in [5, 5.41) is 3.00. The van der Waals surface area contributed by atoms with Crippen molar-refractivity contribution in [2.24, 2.45) is 0 Å². The molecule has 27 heavy (non-hydrogen) atoms. The lowest BCUT2D eigenvalue weighted by Gasteiger charge is -2.19. The van der Waals surface area contributed by atoms with Gasteiger partial charge in [-0.05, 0) is 49.2 Å². The normalized spacial score (nSPS) is 11.9. The van der Waals surface area contributed by atoms with Gasteiger partial charge >= 0.3 is 0 Å². The molecule has 4 nitrogen and oxygen atoms in total. The van der Waals surface area contributed by atoms with Crippen molar-refractivity contribution in [3.05, 3.63) is 70.1 Å². The molecule has 0 atom stereocenters. The van der Waals surface area contributed by atoms with Gasteiger partial charge in [0.1, 0.15) is 18.1 Å². The van der Waals surface area contributed by atoms with E-state index in [1.54, 1.807) is 0 Å². The van der Waals surface area contributed by atoms with Gasteiger partial charge in [0.25, 0.3) is 5.91 Å². The highest BCUT2D eigenvalue weighted by molar-refractivity contribution is 7.17. The lowest BCUT2D eigenvalue weighted by atomic mass is 10.0. The third kappa shape index (κ3) is 3.55. The van der Waals surface area contributed by atoms with Crippen LogP contribution in [0.5, 0.6) is 11.5 Å². The number of thiophene rings is 1. The molecule has 1 aromatic heterocycles. The summed E-state index contributed by atoms with van der Waals surface area (Å²) in [6.07, 6.45) is 0. The highest BCUT2D eigenvalue weighted by Crippen LogP contribution is 2.44. The predicted octanol–water partition coefficient (Wildman–Crippen LogP) is 4.94. The van der Waals surface area contributed by atoms with Gasteiger partial charge in [0.2, 0.25) is 0 Å². The maximum Gasteiger partial charge on any atom is 0.261 e. The molecule has 3 aromatic rings. The topological polar surface area (TPSA) is 47.6 Å². The summed E-state index contributed by atoms with van der Waals surface area (Å²) in [5.41, 5.74) is 4.39. The first-order valence-corrected chi connectivity index (χ1v) is 9.82. The molecule has 0 aliphatic carbocycles. The molecule has 1 amide bonds. The van der Waals surface area contributed by atoms with Crippen LogP contribution in [0.4, 0.5) is 0 Å². The van der Waals surface area contributed by atoms with E-state index in [0.717, 1.165) is 38.6 Å². The summed E-state index contributed by atoms with van der Waals surface area (Å²) in [6, 6.07) is 15.8. The van der Waals surface area contributed by atoms with Crippen molar-refractivity contribution in [1.82, 2.24) is 5.32 Å². The number of hydrogen-bond acceptors (Lipinski definition) is 4. The first-order valence-electron chi connectivity index (χ1n) is 9.01. The number of aryl methyl sites for hydroxylation is 1. The van der Waals surface area contributed by atoms with Gasteiger partial charge in [-0.25, -0.2) is 0 Å². The molecular weight excluding hydrogens is 358 g/mol. The van der Waals surface area contributed by atoms with Crippen LogP contribution < -0.4 is 14.8 Å². The van der Waals surface area contributed by atoms with Gasteiger partial charge in [-0.2, -0.15) is 0 Å². The number of ether oxygens (including phenoxy) is 2. The SMILES string of the molecule is CCOc1ccc(CNC(=O)c2cc3c(s2)-c2c(C)cccc2OC3)cc1. The number of amides is 1. The van der Waals surface area contributed by atoms with Crippen molar-refractivity contribution in [3.8, 4) is 21.9 Å². The molecule has 0 bridgehead atoms. The van der Waals surface area contributed by atoms with Gasteiger partial charge in [0.05, 0.1) is 11.5 Å². The summed E-state index contributed by atoms with van der Waals surface area (Å²) in [6.45, 7) is 5.67. The molecule has 0 fully saturated rings. The van der Waals surface area contributed by atoms with E-state index in [2.05, 4.69) is 18.3 Å². The van der Waals surface area contributed by atoms with Crippen LogP contribution in [0.25, 0.3) is 10.4 Å². The van der Waals surface area contributed by atoms with E-state index in [0.29, 0.717) is 24.6 Å². The maximum atomic E-state index is 12.6. The van der Waals surface area contributed by atoms with Crippen LogP contribution in [-0.2, 0) is 13.2 Å². The minimum atomic E-state index is -0.0570. The van der Waals surface area contributed by atoms with Crippen molar-refractivity contribution < 1.29 is 14.3 Å². The van der Waals surface area contributed by atoms with E-state index >= 15 is 0 Å². The van der Waals surface area contributed by atoms with E-state index < -0.39 is 0 Å². The highest BCUT2D eigenvalue weighted by Gasteiger charge is 2.23. The van der Waals surface area contributed by atoms with Gasteiger partial charge in [0, 0.05) is 22.5 Å². The van der Waals surface area contributed by atoms with Crippen molar-refractivity contribution in [2.45, 2.75) is 27.0 Å². The Morgan fingerprint density at radius 2 is 2.04 bits per heavy atom. The zero-order valence-electron chi connectivity index (χ0n) is 15.4. The number of nitrogens with one attached hydrogen (secondary N) is 1. The van der Waals surface area contributed by atoms with Crippen molar-refractivity contribution in [1.29, 1.82) is 0 Å². The predicted molar refractivity (Wildman–Crippen MR) is 108 cm³/mol. The lowest BCUT2D eigenvalue weighted by Crippen LogP contribution is -2.21. The number of rotatable bonds is 5. The molecule has 2 aromatic carbocycles. The van der Waals surface area contributed by atoms with Crippen LogP contribution in [0.15, 0.2) is 48.5 Å². The van der Waals surface area contributed by atoms with Crippen LogP contribution in [0.2, 0.25) is 0 Å². The summed E-state index contributed by atoms with van der Waals surface area (Å²) in [4.78, 5) is 14.5. The Balaban J connectivity index is 1.49. The first kappa shape index (κ1) is 17.6. The Labute approximate surface area is 162 Å². The second kappa shape index (κ2) is 7.45. The van der Waals surface area contributed by atoms with Gasteiger partial charge in [-0.15, -0.1) is 11.3 Å². The standard InChI is InChI=1S/C22H21NO3S/c1-3-25-17-9-7-15(8-10-17)12-23-22(24)19-11-16-13-26-18-6-4-5-14(2)20(18)21(16)27-19/h4-11H,3,12-13H2,1-2H3,(H,23,24). The van der Waals surface area contributed by atoms with E-state index in [1.165, 1.54) is 11.3 Å². The molecule has 4 rings (SSSR count). The Bertz CT molecular complexity index is 976. The smallest absolute Gasteiger partial charge is 0.261 e. The molecule has 1 aliphatic rings. The zero-order valence-corrected chi connectivity index (χ0v) is 16.2. The maximum absolute atomic E-state index is 12.6. The monoisotopic (exact) mass is 379 g/mol. The molecule has 0 unspecified atom stereocenters. The van der Waals surface area contributed by atoms with Crippen molar-refractivity contribution in [2.75, 3.05) is 6.61 Å². The van der Waals surface area contributed by atoms with Gasteiger partial charge in [-0.3, -0.25) is 4.79 Å². The third-order valence-corrected chi connectivity index (χ3v) is 5.76. The number of carbonyl (C=O) groups excluding carboxylic acids is 1. The van der Waals surface area contributed by atoms with Gasteiger partial charge < -0.3 is 14.8 Å². The average molecular weight is 379 g/mol. The average Bonchev–Trinajstić information content (AvgIpc) is 3.12. The van der Waals surface area contributed by atoms with Gasteiger partial charge in [0.15, 0.2) is 0 Å². The summed E-state index contributed by atoms with van der Waals surface area (Å²) >= 11 is 1.53. The third-order valence-electron chi connectivity index (χ3n) is 4.57. The summed E-state index contributed by atoms with van der Waals surface area (Å²) < 4.78 is 11.3.